The fourth-order valence-electron chi connectivity index (χ4n) is 2.87. The highest BCUT2D eigenvalue weighted by Gasteiger charge is 2.34. The van der Waals surface area contributed by atoms with Gasteiger partial charge in [0.2, 0.25) is 5.95 Å². The fraction of sp³-hybridized carbons (Fsp3) is 0.556. The quantitative estimate of drug-likeness (QED) is 0.813. The highest BCUT2D eigenvalue weighted by molar-refractivity contribution is 5.35. The standard InChI is InChI=1S/C18H23F3N6/c1-12(2)15-8-16(18(19,20)21)25-17(24-15)27-6-4-26(5-7-27)11-14-10-22-13(3)9-23-14/h8-10,12H,4-7,11H2,1-3H3. The summed E-state index contributed by atoms with van der Waals surface area (Å²) in [5.41, 5.74) is 1.27. The average molecular weight is 380 g/mol. The SMILES string of the molecule is Cc1cnc(CN2CCN(c3nc(C(C)C)cc(C(F)(F)F)n3)CC2)cn1. The van der Waals surface area contributed by atoms with Gasteiger partial charge in [0.1, 0.15) is 5.69 Å². The van der Waals surface area contributed by atoms with Crippen LogP contribution in [0.2, 0.25) is 0 Å². The van der Waals surface area contributed by atoms with E-state index in [1.54, 1.807) is 12.4 Å². The number of alkyl halides is 3. The summed E-state index contributed by atoms with van der Waals surface area (Å²) in [7, 11) is 0. The molecule has 0 bridgehead atoms. The molecule has 0 radical (unpaired) electrons. The van der Waals surface area contributed by atoms with Crippen LogP contribution in [0, 0.1) is 6.92 Å². The summed E-state index contributed by atoms with van der Waals surface area (Å²) < 4.78 is 39.5. The molecule has 0 spiro atoms. The Morgan fingerprint density at radius 1 is 1.04 bits per heavy atom. The molecule has 3 heterocycles. The molecule has 3 rings (SSSR count). The van der Waals surface area contributed by atoms with E-state index in [1.807, 2.05) is 25.7 Å². The third-order valence-corrected chi connectivity index (χ3v) is 4.49. The molecule has 1 aliphatic rings. The van der Waals surface area contributed by atoms with E-state index in [-0.39, 0.29) is 11.9 Å². The smallest absolute Gasteiger partial charge is 0.338 e. The van der Waals surface area contributed by atoms with Gasteiger partial charge in [0, 0.05) is 50.8 Å². The third kappa shape index (κ3) is 4.91. The number of rotatable bonds is 4. The minimum Gasteiger partial charge on any atom is -0.338 e. The normalized spacial score (nSPS) is 16.2. The Morgan fingerprint density at radius 3 is 2.30 bits per heavy atom. The van der Waals surface area contributed by atoms with Gasteiger partial charge in [0.15, 0.2) is 0 Å². The zero-order chi connectivity index (χ0) is 19.6. The zero-order valence-corrected chi connectivity index (χ0v) is 15.7. The molecule has 0 amide bonds. The molecule has 0 unspecified atom stereocenters. The number of hydrogen-bond acceptors (Lipinski definition) is 6. The van der Waals surface area contributed by atoms with Gasteiger partial charge in [-0.2, -0.15) is 13.2 Å². The fourth-order valence-corrected chi connectivity index (χ4v) is 2.87. The van der Waals surface area contributed by atoms with E-state index in [4.69, 9.17) is 0 Å². The van der Waals surface area contributed by atoms with Crippen LogP contribution in [0.1, 0.15) is 42.5 Å². The van der Waals surface area contributed by atoms with Gasteiger partial charge in [-0.25, -0.2) is 9.97 Å². The summed E-state index contributed by atoms with van der Waals surface area (Å²) in [5.74, 6) is 0.0533. The third-order valence-electron chi connectivity index (χ3n) is 4.49. The second-order valence-corrected chi connectivity index (χ2v) is 7.04. The van der Waals surface area contributed by atoms with Crippen molar-refractivity contribution in [2.24, 2.45) is 0 Å². The van der Waals surface area contributed by atoms with Crippen molar-refractivity contribution in [3.05, 3.63) is 41.2 Å². The van der Waals surface area contributed by atoms with E-state index >= 15 is 0 Å². The molecule has 146 valence electrons. The molecule has 1 aliphatic heterocycles. The molecule has 9 heteroatoms. The van der Waals surface area contributed by atoms with Crippen LogP contribution in [0.15, 0.2) is 18.5 Å². The minimum absolute atomic E-state index is 0.103. The second-order valence-electron chi connectivity index (χ2n) is 7.04. The van der Waals surface area contributed by atoms with Crippen molar-refractivity contribution in [2.45, 2.75) is 39.4 Å². The van der Waals surface area contributed by atoms with Crippen LogP contribution in [-0.2, 0) is 12.7 Å². The van der Waals surface area contributed by atoms with Crippen molar-refractivity contribution < 1.29 is 13.2 Å². The molecule has 2 aromatic heterocycles. The molecule has 0 N–H and O–H groups in total. The van der Waals surface area contributed by atoms with Gasteiger partial charge < -0.3 is 4.90 Å². The Hall–Kier alpha value is -2.29. The number of halogens is 3. The number of aryl methyl sites for hydroxylation is 1. The van der Waals surface area contributed by atoms with Crippen LogP contribution in [0.25, 0.3) is 0 Å². The zero-order valence-electron chi connectivity index (χ0n) is 15.7. The summed E-state index contributed by atoms with van der Waals surface area (Å²) >= 11 is 0. The van der Waals surface area contributed by atoms with E-state index in [9.17, 15) is 13.2 Å². The van der Waals surface area contributed by atoms with E-state index < -0.39 is 11.9 Å². The van der Waals surface area contributed by atoms with Gasteiger partial charge in [0.05, 0.1) is 11.4 Å². The molecule has 2 aromatic rings. The first-order chi connectivity index (χ1) is 12.7. The lowest BCUT2D eigenvalue weighted by Gasteiger charge is -2.34. The summed E-state index contributed by atoms with van der Waals surface area (Å²) in [4.78, 5) is 20.8. The van der Waals surface area contributed by atoms with Crippen LogP contribution in [0.3, 0.4) is 0 Å². The summed E-state index contributed by atoms with van der Waals surface area (Å²) in [5, 5.41) is 0. The molecule has 1 fully saturated rings. The first kappa shape index (κ1) is 19.5. The monoisotopic (exact) mass is 380 g/mol. The number of piperazine rings is 1. The van der Waals surface area contributed by atoms with E-state index in [2.05, 4.69) is 24.8 Å². The Bertz CT molecular complexity index is 768. The van der Waals surface area contributed by atoms with E-state index in [1.165, 1.54) is 0 Å². The molecule has 27 heavy (non-hydrogen) atoms. The van der Waals surface area contributed by atoms with Crippen molar-refractivity contribution in [1.29, 1.82) is 0 Å². The Labute approximate surface area is 156 Å². The van der Waals surface area contributed by atoms with Gasteiger partial charge in [-0.05, 0) is 18.9 Å². The Morgan fingerprint density at radius 2 is 1.74 bits per heavy atom. The highest BCUT2D eigenvalue weighted by atomic mass is 19.4. The molecule has 0 aliphatic carbocycles. The second kappa shape index (κ2) is 7.75. The topological polar surface area (TPSA) is 58.0 Å². The predicted molar refractivity (Wildman–Crippen MR) is 95.4 cm³/mol. The van der Waals surface area contributed by atoms with Crippen LogP contribution < -0.4 is 4.90 Å². The maximum absolute atomic E-state index is 13.2. The van der Waals surface area contributed by atoms with Gasteiger partial charge in [-0.1, -0.05) is 13.8 Å². The van der Waals surface area contributed by atoms with Gasteiger partial charge in [-0.15, -0.1) is 0 Å². The molecule has 0 aromatic carbocycles. The van der Waals surface area contributed by atoms with E-state index in [0.717, 1.165) is 17.5 Å². The number of aromatic nitrogens is 4. The predicted octanol–water partition coefficient (Wildman–Crippen LogP) is 3.04. The number of nitrogens with zero attached hydrogens (tertiary/aromatic N) is 6. The Kier molecular flexibility index (Phi) is 5.59. The maximum Gasteiger partial charge on any atom is 0.433 e. The van der Waals surface area contributed by atoms with Gasteiger partial charge in [0.25, 0.3) is 0 Å². The molecular weight excluding hydrogens is 357 g/mol. The van der Waals surface area contributed by atoms with Crippen molar-refractivity contribution >= 4 is 5.95 Å². The number of anilines is 1. The molecule has 0 saturated carbocycles. The van der Waals surface area contributed by atoms with Crippen LogP contribution in [-0.4, -0.2) is 51.0 Å². The Balaban J connectivity index is 1.70. The summed E-state index contributed by atoms with van der Waals surface area (Å²) in [6.07, 6.45) is -0.991. The molecule has 0 atom stereocenters. The first-order valence-electron chi connectivity index (χ1n) is 8.93. The van der Waals surface area contributed by atoms with Crippen LogP contribution in [0.4, 0.5) is 19.1 Å². The van der Waals surface area contributed by atoms with Crippen molar-refractivity contribution in [1.82, 2.24) is 24.8 Å². The van der Waals surface area contributed by atoms with Crippen LogP contribution >= 0.6 is 0 Å². The van der Waals surface area contributed by atoms with Gasteiger partial charge in [-0.3, -0.25) is 14.9 Å². The summed E-state index contributed by atoms with van der Waals surface area (Å²) in [6, 6.07) is 1.04. The lowest BCUT2D eigenvalue weighted by atomic mass is 10.1. The molecule has 1 saturated heterocycles. The largest absolute Gasteiger partial charge is 0.433 e. The lowest BCUT2D eigenvalue weighted by Crippen LogP contribution is -2.46. The first-order valence-corrected chi connectivity index (χ1v) is 8.93. The van der Waals surface area contributed by atoms with E-state index in [0.29, 0.717) is 38.4 Å². The van der Waals surface area contributed by atoms with Crippen molar-refractivity contribution in [3.8, 4) is 0 Å². The van der Waals surface area contributed by atoms with Gasteiger partial charge >= 0.3 is 6.18 Å². The number of hydrogen-bond donors (Lipinski definition) is 0. The minimum atomic E-state index is -4.48. The summed E-state index contributed by atoms with van der Waals surface area (Å²) in [6.45, 7) is 8.74. The lowest BCUT2D eigenvalue weighted by molar-refractivity contribution is -0.141. The van der Waals surface area contributed by atoms with Crippen molar-refractivity contribution in [2.75, 3.05) is 31.1 Å². The molecular formula is C18H23F3N6. The van der Waals surface area contributed by atoms with Crippen LogP contribution in [0.5, 0.6) is 0 Å². The molecule has 6 nitrogen and oxygen atoms in total. The average Bonchev–Trinajstić information content (AvgIpc) is 2.63. The highest BCUT2D eigenvalue weighted by Crippen LogP contribution is 2.30. The maximum atomic E-state index is 13.2. The van der Waals surface area contributed by atoms with Crippen molar-refractivity contribution in [3.63, 3.8) is 0 Å².